The Morgan fingerprint density at radius 3 is 2.51 bits per heavy atom. The number of aryl methyl sites for hydroxylation is 1. The zero-order valence-electron chi connectivity index (χ0n) is 24.4. The van der Waals surface area contributed by atoms with Crippen LogP contribution >= 0.6 is 0 Å². The first-order valence-corrected chi connectivity index (χ1v) is 14.3. The van der Waals surface area contributed by atoms with Crippen molar-refractivity contribution in [2.45, 2.75) is 51.5 Å². The average Bonchev–Trinajstić information content (AvgIpc) is 3.50. The van der Waals surface area contributed by atoms with E-state index < -0.39 is 12.0 Å². The number of carboxylic acid groups (broad SMARTS) is 1. The van der Waals surface area contributed by atoms with Crippen molar-refractivity contribution in [2.24, 2.45) is 0 Å². The van der Waals surface area contributed by atoms with Crippen molar-refractivity contribution in [3.05, 3.63) is 107 Å². The number of aromatic amines is 1. The second-order valence-electron chi connectivity index (χ2n) is 10.2. The average molecular weight is 581 g/mol. The van der Waals surface area contributed by atoms with Crippen LogP contribution in [0, 0.1) is 6.57 Å². The van der Waals surface area contributed by atoms with Crippen LogP contribution < -0.4 is 14.8 Å². The maximum absolute atomic E-state index is 13.1. The molecule has 43 heavy (non-hydrogen) atoms. The standard InChI is InChI=1S/C34H36N4O5/c1-4-5-19-43-31-18-13-25(20-28(31)34(40)41)29(38-33(39)8-6-7-23-9-16-27(42-3)17-10-23)21-32-36-22-30(37-32)24-11-14-26(35-2)15-12-24/h9-18,20,22,29H,4-8,19,21H2,1,3H3,(H,36,37)(H,38,39)(H,40,41). The molecule has 0 saturated carbocycles. The van der Waals surface area contributed by atoms with Gasteiger partial charge in [0.1, 0.15) is 22.9 Å². The lowest BCUT2D eigenvalue weighted by Gasteiger charge is -2.20. The zero-order chi connectivity index (χ0) is 30.6. The summed E-state index contributed by atoms with van der Waals surface area (Å²) in [5, 5.41) is 13.0. The molecule has 3 aromatic carbocycles. The zero-order valence-corrected chi connectivity index (χ0v) is 24.4. The molecule has 0 saturated heterocycles. The van der Waals surface area contributed by atoms with Crippen molar-refractivity contribution in [2.75, 3.05) is 13.7 Å². The van der Waals surface area contributed by atoms with E-state index in [2.05, 4.69) is 20.1 Å². The molecule has 9 nitrogen and oxygen atoms in total. The Kier molecular flexibility index (Phi) is 10.9. The summed E-state index contributed by atoms with van der Waals surface area (Å²) < 4.78 is 10.9. The van der Waals surface area contributed by atoms with Gasteiger partial charge >= 0.3 is 5.97 Å². The van der Waals surface area contributed by atoms with Gasteiger partial charge in [0.25, 0.3) is 0 Å². The highest BCUT2D eigenvalue weighted by molar-refractivity contribution is 5.91. The minimum atomic E-state index is -1.10. The van der Waals surface area contributed by atoms with Gasteiger partial charge in [0.2, 0.25) is 5.91 Å². The number of hydrogen-bond donors (Lipinski definition) is 3. The minimum absolute atomic E-state index is 0.0485. The maximum atomic E-state index is 13.1. The van der Waals surface area contributed by atoms with E-state index in [1.165, 1.54) is 0 Å². The molecule has 1 heterocycles. The molecular weight excluding hydrogens is 544 g/mol. The lowest BCUT2D eigenvalue weighted by molar-refractivity contribution is -0.121. The number of H-pyrrole nitrogens is 1. The SMILES string of the molecule is [C-]#[N+]c1ccc(-c2cnc(CC(NC(=O)CCCc3ccc(OC)cc3)c3ccc(OCCCC)c(C(=O)O)c3)[nH]2)cc1. The summed E-state index contributed by atoms with van der Waals surface area (Å²) in [6, 6.07) is 19.5. The summed E-state index contributed by atoms with van der Waals surface area (Å²) in [6.45, 7) is 9.62. The second-order valence-corrected chi connectivity index (χ2v) is 10.2. The van der Waals surface area contributed by atoms with E-state index in [9.17, 15) is 14.7 Å². The highest BCUT2D eigenvalue weighted by Crippen LogP contribution is 2.27. The van der Waals surface area contributed by atoms with Gasteiger partial charge in [-0.2, -0.15) is 0 Å². The van der Waals surface area contributed by atoms with Crippen LogP contribution in [0.15, 0.2) is 72.9 Å². The minimum Gasteiger partial charge on any atom is -0.497 e. The number of imidazole rings is 1. The first-order chi connectivity index (χ1) is 20.9. The van der Waals surface area contributed by atoms with E-state index in [-0.39, 0.29) is 11.5 Å². The maximum Gasteiger partial charge on any atom is 0.339 e. The van der Waals surface area contributed by atoms with Gasteiger partial charge in [-0.1, -0.05) is 55.8 Å². The number of carboxylic acids is 1. The monoisotopic (exact) mass is 580 g/mol. The van der Waals surface area contributed by atoms with Crippen molar-refractivity contribution in [3.8, 4) is 22.8 Å². The molecule has 4 rings (SSSR count). The molecule has 0 radical (unpaired) electrons. The van der Waals surface area contributed by atoms with Gasteiger partial charge in [-0.15, -0.1) is 0 Å². The number of carbonyl (C=O) groups is 2. The van der Waals surface area contributed by atoms with Gasteiger partial charge in [-0.3, -0.25) is 4.79 Å². The molecular formula is C34H36N4O5. The Morgan fingerprint density at radius 1 is 1.07 bits per heavy atom. The Balaban J connectivity index is 1.52. The summed E-state index contributed by atoms with van der Waals surface area (Å²) in [7, 11) is 1.62. The smallest absolute Gasteiger partial charge is 0.339 e. The van der Waals surface area contributed by atoms with Crippen molar-refractivity contribution in [3.63, 3.8) is 0 Å². The fourth-order valence-electron chi connectivity index (χ4n) is 4.67. The third-order valence-corrected chi connectivity index (χ3v) is 7.09. The number of benzene rings is 3. The van der Waals surface area contributed by atoms with Crippen LogP contribution in [0.3, 0.4) is 0 Å². The van der Waals surface area contributed by atoms with Crippen LogP contribution in [0.5, 0.6) is 11.5 Å². The number of nitrogens with zero attached hydrogens (tertiary/aromatic N) is 2. The van der Waals surface area contributed by atoms with E-state index >= 15 is 0 Å². The number of hydrogen-bond acceptors (Lipinski definition) is 5. The van der Waals surface area contributed by atoms with Gasteiger partial charge < -0.3 is 24.9 Å². The number of carbonyl (C=O) groups excluding carboxylic acids is 1. The lowest BCUT2D eigenvalue weighted by Crippen LogP contribution is -2.30. The highest BCUT2D eigenvalue weighted by atomic mass is 16.5. The number of methoxy groups -OCH3 is 1. The number of amides is 1. The number of rotatable bonds is 15. The lowest BCUT2D eigenvalue weighted by atomic mass is 9.99. The Hall–Kier alpha value is -5.10. The Labute approximate surface area is 251 Å². The van der Waals surface area contributed by atoms with Gasteiger partial charge in [-0.25, -0.2) is 14.6 Å². The van der Waals surface area contributed by atoms with Crippen molar-refractivity contribution < 1.29 is 24.2 Å². The molecule has 0 bridgehead atoms. The Morgan fingerprint density at radius 2 is 1.84 bits per heavy atom. The number of aromatic nitrogens is 2. The molecule has 0 spiro atoms. The summed E-state index contributed by atoms with van der Waals surface area (Å²) in [4.78, 5) is 36.5. The highest BCUT2D eigenvalue weighted by Gasteiger charge is 2.21. The first-order valence-electron chi connectivity index (χ1n) is 14.3. The molecule has 0 aliphatic rings. The van der Waals surface area contributed by atoms with Gasteiger partial charge in [0, 0.05) is 12.8 Å². The van der Waals surface area contributed by atoms with E-state index in [0.29, 0.717) is 48.7 Å². The van der Waals surface area contributed by atoms with Crippen LogP contribution in [-0.2, 0) is 17.6 Å². The van der Waals surface area contributed by atoms with Crippen LogP contribution in [-0.4, -0.2) is 40.7 Å². The first kappa shape index (κ1) is 30.8. The predicted molar refractivity (Wildman–Crippen MR) is 165 cm³/mol. The third-order valence-electron chi connectivity index (χ3n) is 7.09. The van der Waals surface area contributed by atoms with E-state index in [1.54, 1.807) is 43.6 Å². The molecule has 0 fully saturated rings. The fraction of sp³-hybridized carbons (Fsp3) is 0.294. The molecule has 1 amide bonds. The van der Waals surface area contributed by atoms with Crippen LogP contribution in [0.4, 0.5) is 5.69 Å². The topological polar surface area (TPSA) is 118 Å². The van der Waals surface area contributed by atoms with Gasteiger partial charge in [0.05, 0.1) is 38.2 Å². The quantitative estimate of drug-likeness (QED) is 0.104. The summed E-state index contributed by atoms with van der Waals surface area (Å²) in [5.74, 6) is 0.486. The molecule has 222 valence electrons. The molecule has 9 heteroatoms. The molecule has 4 aromatic rings. The normalized spacial score (nSPS) is 11.4. The molecule has 1 aromatic heterocycles. The summed E-state index contributed by atoms with van der Waals surface area (Å²) in [5.41, 5.74) is 4.02. The van der Waals surface area contributed by atoms with Crippen LogP contribution in [0.1, 0.15) is 66.0 Å². The van der Waals surface area contributed by atoms with Crippen molar-refractivity contribution in [1.29, 1.82) is 0 Å². The molecule has 0 aliphatic heterocycles. The largest absolute Gasteiger partial charge is 0.497 e. The molecule has 1 unspecified atom stereocenters. The molecule has 1 atom stereocenters. The van der Waals surface area contributed by atoms with E-state index in [4.69, 9.17) is 16.0 Å². The second kappa shape index (κ2) is 15.2. The Bertz CT molecular complexity index is 1560. The van der Waals surface area contributed by atoms with E-state index in [0.717, 1.165) is 41.8 Å². The molecule has 3 N–H and O–H groups in total. The summed E-state index contributed by atoms with van der Waals surface area (Å²) in [6.07, 6.45) is 5.48. The number of nitrogens with one attached hydrogen (secondary N) is 2. The van der Waals surface area contributed by atoms with Crippen molar-refractivity contribution >= 4 is 17.6 Å². The fourth-order valence-corrected chi connectivity index (χ4v) is 4.67. The van der Waals surface area contributed by atoms with E-state index in [1.807, 2.05) is 43.3 Å². The van der Waals surface area contributed by atoms with Crippen LogP contribution in [0.25, 0.3) is 16.1 Å². The van der Waals surface area contributed by atoms with Gasteiger partial charge in [-0.05, 0) is 60.2 Å². The van der Waals surface area contributed by atoms with Crippen molar-refractivity contribution in [1.82, 2.24) is 15.3 Å². The number of ether oxygens (including phenoxy) is 2. The number of aromatic carboxylic acids is 1. The summed E-state index contributed by atoms with van der Waals surface area (Å²) >= 11 is 0. The third kappa shape index (κ3) is 8.69. The number of unbranched alkanes of at least 4 members (excludes halogenated alkanes) is 1. The van der Waals surface area contributed by atoms with Gasteiger partial charge in [0.15, 0.2) is 5.69 Å². The predicted octanol–water partition coefficient (Wildman–Crippen LogP) is 6.94. The molecule has 0 aliphatic carbocycles. The van der Waals surface area contributed by atoms with Crippen LogP contribution in [0.2, 0.25) is 0 Å².